The van der Waals surface area contributed by atoms with Crippen LogP contribution in [0.2, 0.25) is 0 Å². The summed E-state index contributed by atoms with van der Waals surface area (Å²) in [4.78, 5) is 0. The monoisotopic (exact) mass is 273 g/mol. The molecule has 2 aromatic carbocycles. The van der Waals surface area contributed by atoms with Gasteiger partial charge in [-0.15, -0.1) is 0 Å². The van der Waals surface area contributed by atoms with Crippen LogP contribution in [0, 0.1) is 6.92 Å². The van der Waals surface area contributed by atoms with Crippen molar-refractivity contribution in [2.45, 2.75) is 13.0 Å². The molecule has 0 saturated heterocycles. The van der Waals surface area contributed by atoms with Gasteiger partial charge in [-0.2, -0.15) is 0 Å². The Kier molecular flexibility index (Phi) is 4.98. The molecule has 2 aromatic rings. The van der Waals surface area contributed by atoms with E-state index in [9.17, 15) is 5.11 Å². The van der Waals surface area contributed by atoms with E-state index in [1.54, 1.807) is 0 Å². The third kappa shape index (κ3) is 3.98. The Morgan fingerprint density at radius 3 is 2.45 bits per heavy atom. The predicted octanol–water partition coefficient (Wildman–Crippen LogP) is 2.55. The maximum absolute atomic E-state index is 9.26. The molecule has 20 heavy (non-hydrogen) atoms. The highest BCUT2D eigenvalue weighted by molar-refractivity contribution is 5.47. The van der Waals surface area contributed by atoms with Crippen LogP contribution in [-0.4, -0.2) is 29.5 Å². The first kappa shape index (κ1) is 14.4. The van der Waals surface area contributed by atoms with Gasteiger partial charge in [-0.1, -0.05) is 18.2 Å². The fourth-order valence-corrected chi connectivity index (χ4v) is 1.74. The highest BCUT2D eigenvalue weighted by Crippen LogP contribution is 2.25. The largest absolute Gasteiger partial charge is 0.457 e. The number of hydrogen-bond acceptors (Lipinski definition) is 4. The second kappa shape index (κ2) is 6.93. The van der Waals surface area contributed by atoms with Gasteiger partial charge >= 0.3 is 0 Å². The van der Waals surface area contributed by atoms with Gasteiger partial charge in [0.05, 0.1) is 12.7 Å². The smallest absolute Gasteiger partial charge is 0.130 e. The highest BCUT2D eigenvalue weighted by Gasteiger charge is 2.03. The second-order valence-corrected chi connectivity index (χ2v) is 4.61. The number of anilines is 1. The van der Waals surface area contributed by atoms with Gasteiger partial charge in [0.15, 0.2) is 0 Å². The van der Waals surface area contributed by atoms with Gasteiger partial charge < -0.3 is 20.3 Å². The van der Waals surface area contributed by atoms with Crippen molar-refractivity contribution in [2.75, 3.05) is 18.5 Å². The number of aryl methyl sites for hydroxylation is 1. The lowest BCUT2D eigenvalue weighted by Crippen LogP contribution is -2.22. The fourth-order valence-electron chi connectivity index (χ4n) is 1.74. The summed E-state index contributed by atoms with van der Waals surface area (Å²) < 4.78 is 5.79. The minimum Gasteiger partial charge on any atom is -0.457 e. The first-order valence-corrected chi connectivity index (χ1v) is 6.55. The molecule has 4 nitrogen and oxygen atoms in total. The van der Waals surface area contributed by atoms with Gasteiger partial charge in [-0.3, -0.25) is 0 Å². The Hall–Kier alpha value is -2.04. The van der Waals surface area contributed by atoms with Crippen LogP contribution in [0.3, 0.4) is 0 Å². The van der Waals surface area contributed by atoms with E-state index in [1.807, 2.05) is 55.5 Å². The fraction of sp³-hybridized carbons (Fsp3) is 0.250. The number of benzene rings is 2. The van der Waals surface area contributed by atoms with Gasteiger partial charge in [-0.25, -0.2) is 0 Å². The molecule has 0 bridgehead atoms. The standard InChI is InChI=1S/C16H19NO3/c1-12-4-2-3-5-16(12)20-15-8-6-13(7-9-15)17-10-14(19)11-18/h2-9,14,17-19H,10-11H2,1H3. The molecule has 0 amide bonds. The van der Waals surface area contributed by atoms with Gasteiger partial charge in [0, 0.05) is 12.2 Å². The molecule has 0 spiro atoms. The molecule has 3 N–H and O–H groups in total. The Morgan fingerprint density at radius 1 is 1.10 bits per heavy atom. The van der Waals surface area contributed by atoms with Crippen LogP contribution in [0.25, 0.3) is 0 Å². The van der Waals surface area contributed by atoms with E-state index in [2.05, 4.69) is 5.32 Å². The summed E-state index contributed by atoms with van der Waals surface area (Å²) in [7, 11) is 0. The summed E-state index contributed by atoms with van der Waals surface area (Å²) in [6.45, 7) is 2.07. The average molecular weight is 273 g/mol. The summed E-state index contributed by atoms with van der Waals surface area (Å²) >= 11 is 0. The molecule has 0 heterocycles. The zero-order valence-electron chi connectivity index (χ0n) is 11.4. The lowest BCUT2D eigenvalue weighted by molar-refractivity contribution is 0.105. The minimum absolute atomic E-state index is 0.249. The lowest BCUT2D eigenvalue weighted by atomic mass is 10.2. The van der Waals surface area contributed by atoms with Crippen molar-refractivity contribution in [3.05, 3.63) is 54.1 Å². The average Bonchev–Trinajstić information content (AvgIpc) is 2.48. The van der Waals surface area contributed by atoms with Crippen LogP contribution in [0.15, 0.2) is 48.5 Å². The zero-order valence-corrected chi connectivity index (χ0v) is 11.4. The molecule has 0 aliphatic rings. The Balaban J connectivity index is 1.96. The number of hydrogen-bond donors (Lipinski definition) is 3. The molecule has 0 aliphatic carbocycles. The third-order valence-electron chi connectivity index (χ3n) is 2.93. The summed E-state index contributed by atoms with van der Waals surface area (Å²) in [6.07, 6.45) is -0.752. The number of ether oxygens (including phenoxy) is 1. The maximum Gasteiger partial charge on any atom is 0.130 e. The predicted molar refractivity (Wildman–Crippen MR) is 79.3 cm³/mol. The van der Waals surface area contributed by atoms with Crippen LogP contribution >= 0.6 is 0 Å². The molecule has 0 radical (unpaired) electrons. The summed E-state index contributed by atoms with van der Waals surface area (Å²) in [5, 5.41) is 21.0. The SMILES string of the molecule is Cc1ccccc1Oc1ccc(NCC(O)CO)cc1. The quantitative estimate of drug-likeness (QED) is 0.757. The molecule has 4 heteroatoms. The van der Waals surface area contributed by atoms with E-state index < -0.39 is 6.10 Å². The maximum atomic E-state index is 9.26. The van der Waals surface area contributed by atoms with E-state index >= 15 is 0 Å². The van der Waals surface area contributed by atoms with Crippen LogP contribution in [0.1, 0.15) is 5.56 Å². The van der Waals surface area contributed by atoms with Gasteiger partial charge in [0.25, 0.3) is 0 Å². The number of rotatable bonds is 6. The van der Waals surface area contributed by atoms with Crippen molar-refractivity contribution < 1.29 is 14.9 Å². The number of aliphatic hydroxyl groups is 2. The van der Waals surface area contributed by atoms with Crippen molar-refractivity contribution in [3.8, 4) is 11.5 Å². The van der Waals surface area contributed by atoms with E-state index in [0.29, 0.717) is 6.54 Å². The summed E-state index contributed by atoms with van der Waals surface area (Å²) in [5.41, 5.74) is 1.95. The molecule has 0 saturated carbocycles. The minimum atomic E-state index is -0.752. The summed E-state index contributed by atoms with van der Waals surface area (Å²) in [6, 6.07) is 15.3. The Morgan fingerprint density at radius 2 is 1.80 bits per heavy atom. The van der Waals surface area contributed by atoms with E-state index in [-0.39, 0.29) is 6.61 Å². The molecule has 0 fully saturated rings. The lowest BCUT2D eigenvalue weighted by Gasteiger charge is -2.12. The zero-order chi connectivity index (χ0) is 14.4. The van der Waals surface area contributed by atoms with Crippen molar-refractivity contribution in [1.29, 1.82) is 0 Å². The van der Waals surface area contributed by atoms with Crippen LogP contribution in [0.5, 0.6) is 11.5 Å². The van der Waals surface area contributed by atoms with Crippen molar-refractivity contribution in [3.63, 3.8) is 0 Å². The van der Waals surface area contributed by atoms with Crippen molar-refractivity contribution in [2.24, 2.45) is 0 Å². The normalized spacial score (nSPS) is 11.9. The van der Waals surface area contributed by atoms with E-state index in [0.717, 1.165) is 22.7 Å². The first-order valence-electron chi connectivity index (χ1n) is 6.55. The van der Waals surface area contributed by atoms with E-state index in [4.69, 9.17) is 9.84 Å². The van der Waals surface area contributed by atoms with Gasteiger partial charge in [-0.05, 0) is 42.8 Å². The van der Waals surface area contributed by atoms with Crippen LogP contribution < -0.4 is 10.1 Å². The number of para-hydroxylation sites is 1. The summed E-state index contributed by atoms with van der Waals surface area (Å²) in [5.74, 6) is 1.59. The van der Waals surface area contributed by atoms with Gasteiger partial charge in [0.2, 0.25) is 0 Å². The Labute approximate surface area is 118 Å². The second-order valence-electron chi connectivity index (χ2n) is 4.61. The topological polar surface area (TPSA) is 61.7 Å². The first-order chi connectivity index (χ1) is 9.69. The van der Waals surface area contributed by atoms with Gasteiger partial charge in [0.1, 0.15) is 11.5 Å². The molecule has 0 aromatic heterocycles. The molecule has 2 rings (SSSR count). The molecule has 1 atom stereocenters. The van der Waals surface area contributed by atoms with Crippen molar-refractivity contribution >= 4 is 5.69 Å². The molecule has 1 unspecified atom stereocenters. The third-order valence-corrected chi connectivity index (χ3v) is 2.93. The number of aliphatic hydroxyl groups excluding tert-OH is 2. The molecular weight excluding hydrogens is 254 g/mol. The number of nitrogens with one attached hydrogen (secondary N) is 1. The highest BCUT2D eigenvalue weighted by atomic mass is 16.5. The molecule has 0 aliphatic heterocycles. The van der Waals surface area contributed by atoms with Crippen molar-refractivity contribution in [1.82, 2.24) is 0 Å². The Bertz CT molecular complexity index is 540. The molecular formula is C16H19NO3. The molecule has 106 valence electrons. The van der Waals surface area contributed by atoms with E-state index in [1.165, 1.54) is 0 Å². The van der Waals surface area contributed by atoms with Crippen LogP contribution in [0.4, 0.5) is 5.69 Å². The van der Waals surface area contributed by atoms with Crippen LogP contribution in [-0.2, 0) is 0 Å².